The predicted octanol–water partition coefficient (Wildman–Crippen LogP) is 6.59. The Kier molecular flexibility index (Phi) is 12.8. The average Bonchev–Trinajstić information content (AvgIpc) is 2.77. The molecule has 2 heterocycles. The Bertz CT molecular complexity index is 477. The van der Waals surface area contributed by atoms with Crippen LogP contribution in [0.5, 0.6) is 0 Å². The van der Waals surface area contributed by atoms with Crippen LogP contribution in [0.25, 0.3) is 0 Å². The number of hydrogen-bond acceptors (Lipinski definition) is 3. The Morgan fingerprint density at radius 1 is 0.433 bits per heavy atom. The van der Waals surface area contributed by atoms with Gasteiger partial charge in [0.05, 0.1) is 0 Å². The molecule has 0 unspecified atom stereocenters. The van der Waals surface area contributed by atoms with Crippen LogP contribution in [-0.4, -0.2) is 40.7 Å². The van der Waals surface area contributed by atoms with E-state index in [4.69, 9.17) is 0 Å². The van der Waals surface area contributed by atoms with Gasteiger partial charge in [0.1, 0.15) is 0 Å². The van der Waals surface area contributed by atoms with Crippen LogP contribution in [0.3, 0.4) is 0 Å². The molecule has 4 amide bonds. The van der Waals surface area contributed by atoms with E-state index < -0.39 is 0 Å². The van der Waals surface area contributed by atoms with E-state index in [1.807, 2.05) is 0 Å². The second-order valence-corrected chi connectivity index (χ2v) is 9.24. The Hall–Kier alpha value is -1.39. The summed E-state index contributed by atoms with van der Waals surface area (Å²) >= 11 is 0. The summed E-state index contributed by atoms with van der Waals surface area (Å²) in [6, 6.07) is -0.352. The van der Waals surface area contributed by atoms with Crippen molar-refractivity contribution in [3.8, 4) is 0 Å². The zero-order chi connectivity index (χ0) is 21.4. The molecular formula is C25H44N2O3. The second kappa shape index (κ2) is 15.4. The standard InChI is InChI=1S/C25H44N2O3/c28-23-19-15-11-7-3-1-5-9-13-17-21-26(23)25(30)27-22-18-14-10-6-2-4-8-12-16-20-24(27)29/h1-22H2. The van der Waals surface area contributed by atoms with E-state index in [0.29, 0.717) is 25.9 Å². The summed E-state index contributed by atoms with van der Waals surface area (Å²) in [7, 11) is 0. The summed E-state index contributed by atoms with van der Waals surface area (Å²) in [6.07, 6.45) is 20.6. The van der Waals surface area contributed by atoms with Gasteiger partial charge in [-0.15, -0.1) is 0 Å². The van der Waals surface area contributed by atoms with Crippen molar-refractivity contribution in [3.05, 3.63) is 0 Å². The summed E-state index contributed by atoms with van der Waals surface area (Å²) in [6.45, 7) is 0.920. The first-order valence-corrected chi connectivity index (χ1v) is 12.8. The van der Waals surface area contributed by atoms with Gasteiger partial charge in [-0.3, -0.25) is 19.4 Å². The minimum atomic E-state index is -0.352. The SMILES string of the molecule is O=C1CCCCCCCCCCCN1C(=O)N1CCCCCCCCCCCC1=O. The predicted molar refractivity (Wildman–Crippen MR) is 121 cm³/mol. The van der Waals surface area contributed by atoms with Crippen LogP contribution in [0.2, 0.25) is 0 Å². The lowest BCUT2D eigenvalue weighted by molar-refractivity contribution is -0.132. The van der Waals surface area contributed by atoms with E-state index in [-0.39, 0.29) is 17.8 Å². The second-order valence-electron chi connectivity index (χ2n) is 9.24. The van der Waals surface area contributed by atoms with Crippen LogP contribution < -0.4 is 0 Å². The monoisotopic (exact) mass is 420 g/mol. The van der Waals surface area contributed by atoms with E-state index in [2.05, 4.69) is 0 Å². The van der Waals surface area contributed by atoms with Crippen molar-refractivity contribution >= 4 is 17.8 Å². The van der Waals surface area contributed by atoms with Crippen molar-refractivity contribution < 1.29 is 14.4 Å². The minimum absolute atomic E-state index is 0.0880. The van der Waals surface area contributed by atoms with Crippen LogP contribution in [0.4, 0.5) is 4.79 Å². The quantitative estimate of drug-likeness (QED) is 0.444. The molecule has 0 spiro atoms. The molecule has 0 radical (unpaired) electrons. The van der Waals surface area contributed by atoms with Gasteiger partial charge in [-0.1, -0.05) is 89.9 Å². The fourth-order valence-electron chi connectivity index (χ4n) is 4.64. The molecule has 2 rings (SSSR count). The number of hydrogen-bond donors (Lipinski definition) is 0. The number of rotatable bonds is 0. The van der Waals surface area contributed by atoms with Crippen LogP contribution in [0.1, 0.15) is 128 Å². The third-order valence-corrected chi connectivity index (χ3v) is 6.61. The zero-order valence-electron chi connectivity index (χ0n) is 19.2. The molecule has 2 fully saturated rings. The van der Waals surface area contributed by atoms with Gasteiger partial charge in [-0.25, -0.2) is 4.79 Å². The third-order valence-electron chi connectivity index (χ3n) is 6.61. The molecule has 5 nitrogen and oxygen atoms in total. The fourth-order valence-corrected chi connectivity index (χ4v) is 4.64. The fraction of sp³-hybridized carbons (Fsp3) is 0.880. The maximum Gasteiger partial charge on any atom is 0.333 e. The molecule has 5 heteroatoms. The molecule has 0 saturated carbocycles. The van der Waals surface area contributed by atoms with Crippen LogP contribution in [0, 0.1) is 0 Å². The van der Waals surface area contributed by atoms with Crippen molar-refractivity contribution in [2.45, 2.75) is 128 Å². The van der Waals surface area contributed by atoms with Crippen molar-refractivity contribution in [1.29, 1.82) is 0 Å². The average molecular weight is 421 g/mol. The zero-order valence-corrected chi connectivity index (χ0v) is 19.2. The Morgan fingerprint density at radius 2 is 0.700 bits per heavy atom. The normalized spacial score (nSPS) is 23.2. The first-order chi connectivity index (χ1) is 14.7. The number of urea groups is 1. The highest BCUT2D eigenvalue weighted by molar-refractivity contribution is 6.02. The lowest BCUT2D eigenvalue weighted by Crippen LogP contribution is -2.49. The van der Waals surface area contributed by atoms with Gasteiger partial charge in [0, 0.05) is 25.9 Å². The summed E-state index contributed by atoms with van der Waals surface area (Å²) in [5, 5.41) is 0. The van der Waals surface area contributed by atoms with Crippen molar-refractivity contribution in [1.82, 2.24) is 9.80 Å². The highest BCUT2D eigenvalue weighted by Crippen LogP contribution is 2.18. The van der Waals surface area contributed by atoms with E-state index in [1.54, 1.807) is 0 Å². The summed E-state index contributed by atoms with van der Waals surface area (Å²) in [5.41, 5.74) is 0. The topological polar surface area (TPSA) is 57.7 Å². The minimum Gasteiger partial charge on any atom is -0.274 e. The maximum atomic E-state index is 13.4. The Labute approximate surface area is 183 Å². The highest BCUT2D eigenvalue weighted by atomic mass is 16.2. The van der Waals surface area contributed by atoms with Gasteiger partial charge in [-0.2, -0.15) is 0 Å². The van der Waals surface area contributed by atoms with E-state index >= 15 is 0 Å². The molecular weight excluding hydrogens is 376 g/mol. The van der Waals surface area contributed by atoms with Gasteiger partial charge in [0.15, 0.2) is 0 Å². The number of carbonyl (C=O) groups is 3. The molecule has 0 aromatic carbocycles. The van der Waals surface area contributed by atoms with Crippen molar-refractivity contribution in [3.63, 3.8) is 0 Å². The molecule has 0 bridgehead atoms. The summed E-state index contributed by atoms with van der Waals surface area (Å²) in [4.78, 5) is 42.0. The number of carbonyl (C=O) groups excluding carboxylic acids is 3. The molecule has 0 N–H and O–H groups in total. The molecule has 172 valence electrons. The lowest BCUT2D eigenvalue weighted by atomic mass is 10.1. The van der Waals surface area contributed by atoms with Crippen molar-refractivity contribution in [2.24, 2.45) is 0 Å². The smallest absolute Gasteiger partial charge is 0.274 e. The molecule has 0 aliphatic carbocycles. The third kappa shape index (κ3) is 9.61. The van der Waals surface area contributed by atoms with E-state index in [0.717, 1.165) is 51.4 Å². The lowest BCUT2D eigenvalue weighted by Gasteiger charge is -2.28. The number of imide groups is 2. The van der Waals surface area contributed by atoms with Crippen LogP contribution in [-0.2, 0) is 9.59 Å². The Balaban J connectivity index is 2.03. The number of amides is 4. The van der Waals surface area contributed by atoms with Gasteiger partial charge < -0.3 is 0 Å². The summed E-state index contributed by atoms with van der Waals surface area (Å²) < 4.78 is 0. The van der Waals surface area contributed by atoms with Crippen LogP contribution in [0.15, 0.2) is 0 Å². The number of nitrogens with zero attached hydrogens (tertiary/aromatic N) is 2. The maximum absolute atomic E-state index is 13.4. The highest BCUT2D eigenvalue weighted by Gasteiger charge is 2.29. The Morgan fingerprint density at radius 3 is 1.03 bits per heavy atom. The molecule has 0 aromatic heterocycles. The van der Waals surface area contributed by atoms with Gasteiger partial charge in [0.2, 0.25) is 11.8 Å². The van der Waals surface area contributed by atoms with E-state index in [9.17, 15) is 14.4 Å². The molecule has 2 aliphatic rings. The molecule has 2 aliphatic heterocycles. The van der Waals surface area contributed by atoms with E-state index in [1.165, 1.54) is 74.0 Å². The van der Waals surface area contributed by atoms with Crippen LogP contribution >= 0.6 is 0 Å². The first-order valence-electron chi connectivity index (χ1n) is 12.8. The largest absolute Gasteiger partial charge is 0.333 e. The van der Waals surface area contributed by atoms with Gasteiger partial charge in [-0.05, 0) is 25.7 Å². The first kappa shape index (κ1) is 24.9. The molecule has 0 atom stereocenters. The summed E-state index contributed by atoms with van der Waals surface area (Å²) in [5.74, 6) is -0.176. The molecule has 30 heavy (non-hydrogen) atoms. The van der Waals surface area contributed by atoms with Gasteiger partial charge >= 0.3 is 6.03 Å². The molecule has 2 saturated heterocycles. The molecule has 0 aromatic rings. The van der Waals surface area contributed by atoms with Gasteiger partial charge in [0.25, 0.3) is 0 Å². The van der Waals surface area contributed by atoms with Crippen molar-refractivity contribution in [2.75, 3.05) is 13.1 Å².